The van der Waals surface area contributed by atoms with Crippen LogP contribution in [0.25, 0.3) is 33.2 Å². The Kier molecular flexibility index (Phi) is 3.01. The Bertz CT molecular complexity index is 928. The van der Waals surface area contributed by atoms with Crippen molar-refractivity contribution in [3.63, 3.8) is 0 Å². The van der Waals surface area contributed by atoms with Gasteiger partial charge in [0.25, 0.3) is 0 Å². The molecule has 0 amide bonds. The van der Waals surface area contributed by atoms with Gasteiger partial charge in [-0.3, -0.25) is 4.68 Å². The van der Waals surface area contributed by atoms with Crippen LogP contribution in [0.5, 0.6) is 0 Å². The molecule has 0 aliphatic carbocycles. The first-order valence-electron chi connectivity index (χ1n) is 7.39. The summed E-state index contributed by atoms with van der Waals surface area (Å²) in [6, 6.07) is 25.6. The Balaban J connectivity index is 1.79. The standard InChI is InChI=1S/C20H16N2/c1-22-14-13-20(21-22)17-11-9-16(10-12-17)19-8-4-6-15-5-2-3-7-18(15)19/h2-14H,1H3. The van der Waals surface area contributed by atoms with Crippen molar-refractivity contribution in [3.8, 4) is 22.4 Å². The van der Waals surface area contributed by atoms with Crippen molar-refractivity contribution in [1.29, 1.82) is 0 Å². The average Bonchev–Trinajstić information content (AvgIpc) is 3.01. The van der Waals surface area contributed by atoms with Gasteiger partial charge in [0.2, 0.25) is 0 Å². The van der Waals surface area contributed by atoms with Crippen molar-refractivity contribution in [2.24, 2.45) is 7.05 Å². The maximum Gasteiger partial charge on any atom is 0.0923 e. The summed E-state index contributed by atoms with van der Waals surface area (Å²) in [7, 11) is 1.94. The molecule has 0 aliphatic heterocycles. The molecule has 0 bridgehead atoms. The second kappa shape index (κ2) is 5.15. The van der Waals surface area contributed by atoms with E-state index in [9.17, 15) is 0 Å². The molecule has 3 aromatic carbocycles. The Morgan fingerprint density at radius 1 is 0.727 bits per heavy atom. The largest absolute Gasteiger partial charge is 0.275 e. The highest BCUT2D eigenvalue weighted by molar-refractivity contribution is 5.96. The van der Waals surface area contributed by atoms with Crippen LogP contribution >= 0.6 is 0 Å². The summed E-state index contributed by atoms with van der Waals surface area (Å²) in [6.45, 7) is 0. The van der Waals surface area contributed by atoms with Gasteiger partial charge in [0, 0.05) is 18.8 Å². The third-order valence-corrected chi connectivity index (χ3v) is 3.99. The quantitative estimate of drug-likeness (QED) is 0.511. The molecule has 0 N–H and O–H groups in total. The van der Waals surface area contributed by atoms with E-state index in [1.807, 2.05) is 24.0 Å². The molecular formula is C20H16N2. The minimum absolute atomic E-state index is 1.01. The number of aromatic nitrogens is 2. The second-order valence-electron chi connectivity index (χ2n) is 5.48. The highest BCUT2D eigenvalue weighted by atomic mass is 15.2. The van der Waals surface area contributed by atoms with Crippen LogP contribution in [-0.4, -0.2) is 9.78 Å². The van der Waals surface area contributed by atoms with Gasteiger partial charge in [-0.25, -0.2) is 0 Å². The molecule has 4 aromatic rings. The molecule has 22 heavy (non-hydrogen) atoms. The molecule has 4 rings (SSSR count). The van der Waals surface area contributed by atoms with Gasteiger partial charge < -0.3 is 0 Å². The summed E-state index contributed by atoms with van der Waals surface area (Å²) in [5.41, 5.74) is 4.65. The lowest BCUT2D eigenvalue weighted by molar-refractivity contribution is 0.771. The van der Waals surface area contributed by atoms with Gasteiger partial charge in [0.1, 0.15) is 0 Å². The minimum Gasteiger partial charge on any atom is -0.275 e. The van der Waals surface area contributed by atoms with Crippen LogP contribution < -0.4 is 0 Å². The molecular weight excluding hydrogens is 268 g/mol. The van der Waals surface area contributed by atoms with Crippen LogP contribution in [-0.2, 0) is 7.05 Å². The summed E-state index contributed by atoms with van der Waals surface area (Å²) >= 11 is 0. The summed E-state index contributed by atoms with van der Waals surface area (Å²) in [5.74, 6) is 0. The number of hydrogen-bond donors (Lipinski definition) is 0. The summed E-state index contributed by atoms with van der Waals surface area (Å²) in [6.07, 6.45) is 1.97. The third kappa shape index (κ3) is 2.19. The lowest BCUT2D eigenvalue weighted by atomic mass is 9.97. The lowest BCUT2D eigenvalue weighted by Gasteiger charge is -2.07. The Morgan fingerprint density at radius 3 is 2.23 bits per heavy atom. The molecule has 1 aromatic heterocycles. The maximum absolute atomic E-state index is 4.45. The van der Waals surface area contributed by atoms with Gasteiger partial charge in [0.05, 0.1) is 5.69 Å². The van der Waals surface area contributed by atoms with E-state index < -0.39 is 0 Å². The zero-order valence-electron chi connectivity index (χ0n) is 12.4. The molecule has 0 radical (unpaired) electrons. The Hall–Kier alpha value is -2.87. The molecule has 0 aliphatic rings. The van der Waals surface area contributed by atoms with E-state index >= 15 is 0 Å². The van der Waals surface area contributed by atoms with E-state index in [0.29, 0.717) is 0 Å². The predicted octanol–water partition coefficient (Wildman–Crippen LogP) is 4.91. The Morgan fingerprint density at radius 2 is 1.45 bits per heavy atom. The molecule has 2 heteroatoms. The molecule has 1 heterocycles. The smallest absolute Gasteiger partial charge is 0.0923 e. The van der Waals surface area contributed by atoms with Crippen LogP contribution in [0.1, 0.15) is 0 Å². The molecule has 106 valence electrons. The predicted molar refractivity (Wildman–Crippen MR) is 91.6 cm³/mol. The first-order valence-corrected chi connectivity index (χ1v) is 7.39. The van der Waals surface area contributed by atoms with E-state index in [1.54, 1.807) is 0 Å². The first kappa shape index (κ1) is 12.8. The number of hydrogen-bond acceptors (Lipinski definition) is 1. The fraction of sp³-hybridized carbons (Fsp3) is 0.0500. The number of benzene rings is 3. The van der Waals surface area contributed by atoms with Crippen molar-refractivity contribution in [1.82, 2.24) is 9.78 Å². The molecule has 0 fully saturated rings. The van der Waals surface area contributed by atoms with Crippen LogP contribution in [0, 0.1) is 0 Å². The van der Waals surface area contributed by atoms with Crippen molar-refractivity contribution in [2.45, 2.75) is 0 Å². The molecule has 0 atom stereocenters. The Labute approximate surface area is 129 Å². The topological polar surface area (TPSA) is 17.8 Å². The summed E-state index contributed by atoms with van der Waals surface area (Å²) < 4.78 is 1.83. The van der Waals surface area contributed by atoms with Crippen molar-refractivity contribution < 1.29 is 0 Å². The van der Waals surface area contributed by atoms with Gasteiger partial charge in [-0.2, -0.15) is 5.10 Å². The van der Waals surface area contributed by atoms with E-state index in [-0.39, 0.29) is 0 Å². The van der Waals surface area contributed by atoms with E-state index in [4.69, 9.17) is 0 Å². The van der Waals surface area contributed by atoms with Gasteiger partial charge in [-0.15, -0.1) is 0 Å². The second-order valence-corrected chi connectivity index (χ2v) is 5.48. The highest BCUT2D eigenvalue weighted by Gasteiger charge is 2.05. The average molecular weight is 284 g/mol. The van der Waals surface area contributed by atoms with Crippen LogP contribution in [0.15, 0.2) is 79.0 Å². The summed E-state index contributed by atoms with van der Waals surface area (Å²) in [5, 5.41) is 7.01. The normalized spacial score (nSPS) is 11.0. The van der Waals surface area contributed by atoms with Crippen LogP contribution in [0.4, 0.5) is 0 Å². The zero-order chi connectivity index (χ0) is 14.9. The number of nitrogens with zero attached hydrogens (tertiary/aromatic N) is 2. The van der Waals surface area contributed by atoms with Crippen molar-refractivity contribution >= 4 is 10.8 Å². The fourth-order valence-corrected chi connectivity index (χ4v) is 2.87. The van der Waals surface area contributed by atoms with E-state index in [0.717, 1.165) is 11.3 Å². The number of aryl methyl sites for hydroxylation is 1. The molecule has 2 nitrogen and oxygen atoms in total. The third-order valence-electron chi connectivity index (χ3n) is 3.99. The molecule has 0 saturated carbocycles. The van der Waals surface area contributed by atoms with Crippen molar-refractivity contribution in [3.05, 3.63) is 79.0 Å². The fourth-order valence-electron chi connectivity index (χ4n) is 2.87. The monoisotopic (exact) mass is 284 g/mol. The van der Waals surface area contributed by atoms with Gasteiger partial charge in [-0.05, 0) is 28.0 Å². The van der Waals surface area contributed by atoms with Crippen molar-refractivity contribution in [2.75, 3.05) is 0 Å². The molecule has 0 saturated heterocycles. The molecule has 0 spiro atoms. The van der Waals surface area contributed by atoms with Gasteiger partial charge >= 0.3 is 0 Å². The number of fused-ring (bicyclic) bond motifs is 1. The lowest BCUT2D eigenvalue weighted by Crippen LogP contribution is -1.88. The molecule has 0 unspecified atom stereocenters. The number of rotatable bonds is 2. The van der Waals surface area contributed by atoms with Gasteiger partial charge in [0.15, 0.2) is 0 Å². The van der Waals surface area contributed by atoms with E-state index in [2.05, 4.69) is 71.8 Å². The SMILES string of the molecule is Cn1ccc(-c2ccc(-c3cccc4ccccc34)cc2)n1. The minimum atomic E-state index is 1.01. The van der Waals surface area contributed by atoms with Crippen LogP contribution in [0.2, 0.25) is 0 Å². The maximum atomic E-state index is 4.45. The van der Waals surface area contributed by atoms with Crippen LogP contribution in [0.3, 0.4) is 0 Å². The first-order chi connectivity index (χ1) is 10.8. The van der Waals surface area contributed by atoms with Gasteiger partial charge in [-0.1, -0.05) is 66.7 Å². The highest BCUT2D eigenvalue weighted by Crippen LogP contribution is 2.30. The summed E-state index contributed by atoms with van der Waals surface area (Å²) in [4.78, 5) is 0. The van der Waals surface area contributed by atoms with E-state index in [1.165, 1.54) is 21.9 Å². The zero-order valence-corrected chi connectivity index (χ0v) is 12.4.